The molecule has 1 heterocycles. The van der Waals surface area contributed by atoms with Crippen LogP contribution in [0.5, 0.6) is 0 Å². The van der Waals surface area contributed by atoms with Crippen molar-refractivity contribution in [2.45, 2.75) is 31.7 Å². The molecule has 1 aliphatic heterocycles. The zero-order valence-corrected chi connectivity index (χ0v) is 11.4. The Morgan fingerprint density at radius 2 is 1.95 bits per heavy atom. The minimum Gasteiger partial charge on any atom is -0.381 e. The second kappa shape index (κ2) is 6.01. The number of hydrogen-bond donors (Lipinski definition) is 1. The summed E-state index contributed by atoms with van der Waals surface area (Å²) in [5.74, 6) is 0. The van der Waals surface area contributed by atoms with Gasteiger partial charge in [-0.25, -0.2) is 0 Å². The standard InChI is InChI=1S/C14H19F3N2O/c1-20-12-4-6-19(7-5-12)11-3-2-10(9-18)13(8-11)14(15,16)17/h2-3,8,12H,4-7,9,18H2,1H3. The summed E-state index contributed by atoms with van der Waals surface area (Å²) in [6.45, 7) is 1.30. The summed E-state index contributed by atoms with van der Waals surface area (Å²) >= 11 is 0. The Kier molecular flexibility index (Phi) is 4.55. The topological polar surface area (TPSA) is 38.5 Å². The number of anilines is 1. The first-order valence-corrected chi connectivity index (χ1v) is 6.63. The monoisotopic (exact) mass is 288 g/mol. The lowest BCUT2D eigenvalue weighted by molar-refractivity contribution is -0.138. The molecule has 3 nitrogen and oxygen atoms in total. The minimum absolute atomic E-state index is 0.110. The smallest absolute Gasteiger partial charge is 0.381 e. The molecule has 1 aliphatic rings. The average Bonchev–Trinajstić information content (AvgIpc) is 2.46. The van der Waals surface area contributed by atoms with Gasteiger partial charge in [0.2, 0.25) is 0 Å². The molecule has 0 radical (unpaired) electrons. The molecular formula is C14H19F3N2O. The van der Waals surface area contributed by atoms with Crippen molar-refractivity contribution in [1.82, 2.24) is 0 Å². The second-order valence-electron chi connectivity index (χ2n) is 4.97. The molecule has 1 aromatic carbocycles. The fraction of sp³-hybridized carbons (Fsp3) is 0.571. The highest BCUT2D eigenvalue weighted by molar-refractivity contribution is 5.52. The third-order valence-electron chi connectivity index (χ3n) is 3.76. The molecule has 0 aromatic heterocycles. The molecule has 2 N–H and O–H groups in total. The lowest BCUT2D eigenvalue weighted by atomic mass is 10.0. The minimum atomic E-state index is -4.37. The van der Waals surface area contributed by atoms with Gasteiger partial charge in [-0.05, 0) is 30.5 Å². The van der Waals surface area contributed by atoms with Crippen molar-refractivity contribution in [3.05, 3.63) is 29.3 Å². The summed E-state index contributed by atoms with van der Waals surface area (Å²) in [5.41, 5.74) is 5.48. The molecule has 1 saturated heterocycles. The van der Waals surface area contributed by atoms with Crippen LogP contribution in [0.2, 0.25) is 0 Å². The Labute approximate surface area is 116 Å². The molecule has 0 bridgehead atoms. The van der Waals surface area contributed by atoms with Crippen LogP contribution < -0.4 is 10.6 Å². The van der Waals surface area contributed by atoms with Crippen molar-refractivity contribution in [2.24, 2.45) is 5.73 Å². The largest absolute Gasteiger partial charge is 0.416 e. The highest BCUT2D eigenvalue weighted by atomic mass is 19.4. The maximum Gasteiger partial charge on any atom is 0.416 e. The zero-order chi connectivity index (χ0) is 14.8. The van der Waals surface area contributed by atoms with Crippen LogP contribution in [-0.4, -0.2) is 26.3 Å². The zero-order valence-electron chi connectivity index (χ0n) is 11.4. The molecule has 20 heavy (non-hydrogen) atoms. The Bertz CT molecular complexity index is 454. The first kappa shape index (κ1) is 15.1. The Hall–Kier alpha value is -1.27. The van der Waals surface area contributed by atoms with Crippen molar-refractivity contribution >= 4 is 5.69 Å². The van der Waals surface area contributed by atoms with E-state index in [4.69, 9.17) is 10.5 Å². The molecular weight excluding hydrogens is 269 g/mol. The van der Waals surface area contributed by atoms with Gasteiger partial charge in [-0.15, -0.1) is 0 Å². The van der Waals surface area contributed by atoms with Crippen LogP contribution in [0.15, 0.2) is 18.2 Å². The number of methoxy groups -OCH3 is 1. The van der Waals surface area contributed by atoms with Gasteiger partial charge in [0.25, 0.3) is 0 Å². The van der Waals surface area contributed by atoms with E-state index in [9.17, 15) is 13.2 Å². The Balaban J connectivity index is 2.21. The second-order valence-corrected chi connectivity index (χ2v) is 4.97. The van der Waals surface area contributed by atoms with Crippen molar-refractivity contribution in [2.75, 3.05) is 25.1 Å². The van der Waals surface area contributed by atoms with Gasteiger partial charge >= 0.3 is 6.18 Å². The number of hydrogen-bond acceptors (Lipinski definition) is 3. The molecule has 0 unspecified atom stereocenters. The maximum absolute atomic E-state index is 13.0. The van der Waals surface area contributed by atoms with Gasteiger partial charge in [0.15, 0.2) is 0 Å². The van der Waals surface area contributed by atoms with Crippen LogP contribution in [0, 0.1) is 0 Å². The van der Waals surface area contributed by atoms with E-state index in [0.717, 1.165) is 12.8 Å². The number of piperidine rings is 1. The van der Waals surface area contributed by atoms with E-state index in [1.165, 1.54) is 12.1 Å². The van der Waals surface area contributed by atoms with E-state index < -0.39 is 11.7 Å². The number of ether oxygens (including phenoxy) is 1. The van der Waals surface area contributed by atoms with Crippen molar-refractivity contribution in [1.29, 1.82) is 0 Å². The van der Waals surface area contributed by atoms with Gasteiger partial charge in [0.05, 0.1) is 11.7 Å². The first-order chi connectivity index (χ1) is 9.45. The molecule has 0 aliphatic carbocycles. The molecule has 6 heteroatoms. The lowest BCUT2D eigenvalue weighted by Crippen LogP contribution is -2.36. The quantitative estimate of drug-likeness (QED) is 0.929. The van der Waals surface area contributed by atoms with Crippen molar-refractivity contribution in [3.63, 3.8) is 0 Å². The number of nitrogens with two attached hydrogens (primary N) is 1. The molecule has 0 atom stereocenters. The van der Waals surface area contributed by atoms with E-state index in [1.807, 2.05) is 4.90 Å². The predicted octanol–water partition coefficient (Wildman–Crippen LogP) is 2.78. The first-order valence-electron chi connectivity index (χ1n) is 6.63. The summed E-state index contributed by atoms with van der Waals surface area (Å²) in [6, 6.07) is 4.39. The number of halogens is 3. The van der Waals surface area contributed by atoms with Gasteiger partial charge < -0.3 is 15.4 Å². The predicted molar refractivity (Wildman–Crippen MR) is 71.6 cm³/mol. The summed E-state index contributed by atoms with van der Waals surface area (Å²) in [7, 11) is 1.66. The number of rotatable bonds is 3. The SMILES string of the molecule is COC1CCN(c2ccc(CN)c(C(F)(F)F)c2)CC1. The van der Waals surface area contributed by atoms with Gasteiger partial charge in [0.1, 0.15) is 0 Å². The van der Waals surface area contributed by atoms with E-state index in [0.29, 0.717) is 18.8 Å². The third-order valence-corrected chi connectivity index (χ3v) is 3.76. The van der Waals surface area contributed by atoms with Crippen LogP contribution in [0.1, 0.15) is 24.0 Å². The maximum atomic E-state index is 13.0. The lowest BCUT2D eigenvalue weighted by Gasteiger charge is -2.33. The van der Waals surface area contributed by atoms with Gasteiger partial charge in [0, 0.05) is 32.4 Å². The summed E-state index contributed by atoms with van der Waals surface area (Å²) in [6.07, 6.45) is -2.50. The normalized spacial score (nSPS) is 17.6. The van der Waals surface area contributed by atoms with Gasteiger partial charge in [-0.1, -0.05) is 6.07 Å². The van der Waals surface area contributed by atoms with E-state index >= 15 is 0 Å². The van der Waals surface area contributed by atoms with Crippen LogP contribution >= 0.6 is 0 Å². The van der Waals surface area contributed by atoms with Crippen LogP contribution in [0.25, 0.3) is 0 Å². The fourth-order valence-corrected chi connectivity index (χ4v) is 2.55. The highest BCUT2D eigenvalue weighted by Gasteiger charge is 2.33. The molecule has 2 rings (SSSR count). The van der Waals surface area contributed by atoms with E-state index in [2.05, 4.69) is 0 Å². The van der Waals surface area contributed by atoms with Gasteiger partial charge in [-0.3, -0.25) is 0 Å². The highest BCUT2D eigenvalue weighted by Crippen LogP contribution is 2.35. The van der Waals surface area contributed by atoms with Gasteiger partial charge in [-0.2, -0.15) is 13.2 Å². The molecule has 1 fully saturated rings. The number of benzene rings is 1. The van der Waals surface area contributed by atoms with Crippen LogP contribution in [0.4, 0.5) is 18.9 Å². The third kappa shape index (κ3) is 3.24. The summed E-state index contributed by atoms with van der Waals surface area (Å²) in [5, 5.41) is 0. The average molecular weight is 288 g/mol. The molecule has 0 amide bonds. The van der Waals surface area contributed by atoms with Crippen LogP contribution in [0.3, 0.4) is 0 Å². The number of nitrogens with zero attached hydrogens (tertiary/aromatic N) is 1. The van der Waals surface area contributed by atoms with Crippen LogP contribution in [-0.2, 0) is 17.5 Å². The van der Waals surface area contributed by atoms with Crippen molar-refractivity contribution < 1.29 is 17.9 Å². The summed E-state index contributed by atoms with van der Waals surface area (Å²) in [4.78, 5) is 1.96. The Morgan fingerprint density at radius 1 is 1.30 bits per heavy atom. The Morgan fingerprint density at radius 3 is 2.45 bits per heavy atom. The van der Waals surface area contributed by atoms with Crippen molar-refractivity contribution in [3.8, 4) is 0 Å². The fourth-order valence-electron chi connectivity index (χ4n) is 2.55. The molecule has 0 spiro atoms. The number of alkyl halides is 3. The molecule has 1 aromatic rings. The molecule has 0 saturated carbocycles. The van der Waals surface area contributed by atoms with E-state index in [1.54, 1.807) is 13.2 Å². The summed E-state index contributed by atoms with van der Waals surface area (Å²) < 4.78 is 44.3. The van der Waals surface area contributed by atoms with E-state index in [-0.39, 0.29) is 18.2 Å². The molecule has 112 valence electrons.